The molecule has 1 heterocycles. The molecular formula is C17H20OS. The van der Waals surface area contributed by atoms with Crippen molar-refractivity contribution < 1.29 is 5.11 Å². The van der Waals surface area contributed by atoms with Gasteiger partial charge in [-0.2, -0.15) is 0 Å². The van der Waals surface area contributed by atoms with Crippen LogP contribution >= 0.6 is 11.3 Å². The van der Waals surface area contributed by atoms with Crippen LogP contribution in [0.25, 0.3) is 0 Å². The first-order chi connectivity index (χ1) is 9.17. The van der Waals surface area contributed by atoms with E-state index in [4.69, 9.17) is 0 Å². The molecule has 0 atom stereocenters. The number of aryl methyl sites for hydroxylation is 1. The van der Waals surface area contributed by atoms with E-state index in [9.17, 15) is 5.11 Å². The molecule has 0 aliphatic heterocycles. The summed E-state index contributed by atoms with van der Waals surface area (Å²) in [5.74, 6) is 0.612. The van der Waals surface area contributed by atoms with E-state index in [1.54, 1.807) is 11.3 Å². The number of aliphatic hydroxyl groups is 1. The van der Waals surface area contributed by atoms with Crippen LogP contribution in [0, 0.1) is 6.92 Å². The van der Waals surface area contributed by atoms with E-state index in [0.29, 0.717) is 5.92 Å². The summed E-state index contributed by atoms with van der Waals surface area (Å²) >= 11 is 1.73. The van der Waals surface area contributed by atoms with Gasteiger partial charge in [0.2, 0.25) is 0 Å². The van der Waals surface area contributed by atoms with Gasteiger partial charge in [-0.15, -0.1) is 11.3 Å². The van der Waals surface area contributed by atoms with Crippen molar-refractivity contribution >= 4 is 11.3 Å². The first-order valence-corrected chi connectivity index (χ1v) is 7.88. The zero-order valence-corrected chi connectivity index (χ0v) is 12.1. The van der Waals surface area contributed by atoms with E-state index >= 15 is 0 Å². The fraction of sp³-hybridized carbons (Fsp3) is 0.412. The first kappa shape index (κ1) is 12.9. The molecule has 3 rings (SSSR count). The smallest absolute Gasteiger partial charge is 0.0905 e. The second-order valence-electron chi connectivity index (χ2n) is 5.66. The molecule has 0 amide bonds. The van der Waals surface area contributed by atoms with Crippen molar-refractivity contribution in [2.24, 2.45) is 0 Å². The fourth-order valence-electron chi connectivity index (χ4n) is 3.13. The normalized spacial score (nSPS) is 27.4. The van der Waals surface area contributed by atoms with Crippen LogP contribution in [-0.4, -0.2) is 5.11 Å². The fourth-order valence-corrected chi connectivity index (χ4v) is 3.93. The van der Waals surface area contributed by atoms with Crippen molar-refractivity contribution in [3.05, 3.63) is 57.8 Å². The Morgan fingerprint density at radius 1 is 1.16 bits per heavy atom. The quantitative estimate of drug-likeness (QED) is 0.847. The topological polar surface area (TPSA) is 20.2 Å². The standard InChI is InChI=1S/C17H20OS/c1-13-11-16(12-19-13)17(18)9-7-15(8-10-17)14-5-3-2-4-6-14/h2-6,11-12,15,18H,7-10H2,1H3. The molecule has 1 aromatic carbocycles. The molecule has 0 unspecified atom stereocenters. The average molecular weight is 272 g/mol. The van der Waals surface area contributed by atoms with Crippen LogP contribution in [0.3, 0.4) is 0 Å². The van der Waals surface area contributed by atoms with Crippen molar-refractivity contribution in [2.75, 3.05) is 0 Å². The van der Waals surface area contributed by atoms with Gasteiger partial charge in [-0.3, -0.25) is 0 Å². The van der Waals surface area contributed by atoms with Crippen LogP contribution in [0.2, 0.25) is 0 Å². The van der Waals surface area contributed by atoms with Gasteiger partial charge in [-0.1, -0.05) is 30.3 Å². The van der Waals surface area contributed by atoms with Gasteiger partial charge in [0.15, 0.2) is 0 Å². The molecule has 1 saturated carbocycles. The van der Waals surface area contributed by atoms with Gasteiger partial charge >= 0.3 is 0 Å². The zero-order valence-electron chi connectivity index (χ0n) is 11.3. The molecule has 1 aromatic heterocycles. The zero-order chi connectivity index (χ0) is 13.3. The number of hydrogen-bond acceptors (Lipinski definition) is 2. The third kappa shape index (κ3) is 2.60. The lowest BCUT2D eigenvalue weighted by atomic mass is 9.74. The van der Waals surface area contributed by atoms with Crippen LogP contribution in [0.5, 0.6) is 0 Å². The average Bonchev–Trinajstić information content (AvgIpc) is 2.88. The predicted molar refractivity (Wildman–Crippen MR) is 80.6 cm³/mol. The van der Waals surface area contributed by atoms with Crippen LogP contribution in [0.4, 0.5) is 0 Å². The van der Waals surface area contributed by atoms with E-state index in [0.717, 1.165) is 31.2 Å². The summed E-state index contributed by atoms with van der Waals surface area (Å²) in [6.07, 6.45) is 3.91. The van der Waals surface area contributed by atoms with Gasteiger partial charge in [-0.05, 0) is 61.1 Å². The molecule has 0 spiro atoms. The first-order valence-electron chi connectivity index (χ1n) is 7.00. The Morgan fingerprint density at radius 3 is 2.42 bits per heavy atom. The van der Waals surface area contributed by atoms with Crippen LogP contribution in [-0.2, 0) is 5.60 Å². The van der Waals surface area contributed by atoms with Crippen molar-refractivity contribution in [3.8, 4) is 0 Å². The number of benzene rings is 1. The van der Waals surface area contributed by atoms with E-state index in [1.807, 2.05) is 0 Å². The third-order valence-electron chi connectivity index (χ3n) is 4.35. The largest absolute Gasteiger partial charge is 0.385 e. The van der Waals surface area contributed by atoms with Gasteiger partial charge in [0.05, 0.1) is 5.60 Å². The Morgan fingerprint density at radius 2 is 1.84 bits per heavy atom. The summed E-state index contributed by atoms with van der Waals surface area (Å²) in [5, 5.41) is 13.0. The lowest BCUT2D eigenvalue weighted by Crippen LogP contribution is -2.30. The highest BCUT2D eigenvalue weighted by molar-refractivity contribution is 7.10. The summed E-state index contributed by atoms with van der Waals surface area (Å²) < 4.78 is 0. The van der Waals surface area contributed by atoms with Crippen molar-refractivity contribution in [3.63, 3.8) is 0 Å². The highest BCUT2D eigenvalue weighted by atomic mass is 32.1. The van der Waals surface area contributed by atoms with Crippen molar-refractivity contribution in [1.82, 2.24) is 0 Å². The summed E-state index contributed by atoms with van der Waals surface area (Å²) in [7, 11) is 0. The molecule has 2 aromatic rings. The van der Waals surface area contributed by atoms with E-state index < -0.39 is 5.60 Å². The third-order valence-corrected chi connectivity index (χ3v) is 5.21. The lowest BCUT2D eigenvalue weighted by molar-refractivity contribution is -0.00531. The Bertz CT molecular complexity index is 535. The Labute approximate surface area is 118 Å². The number of thiophene rings is 1. The Kier molecular flexibility index (Phi) is 3.46. The molecule has 1 fully saturated rings. The molecule has 2 heteroatoms. The van der Waals surface area contributed by atoms with Crippen LogP contribution in [0.1, 0.15) is 47.6 Å². The van der Waals surface area contributed by atoms with Crippen molar-refractivity contribution in [2.45, 2.75) is 44.1 Å². The lowest BCUT2D eigenvalue weighted by Gasteiger charge is -2.36. The maximum Gasteiger partial charge on any atom is 0.0905 e. The number of rotatable bonds is 2. The van der Waals surface area contributed by atoms with Crippen molar-refractivity contribution in [1.29, 1.82) is 0 Å². The SMILES string of the molecule is Cc1cc(C2(O)CCC(c3ccccc3)CC2)cs1. The molecule has 0 saturated heterocycles. The Hall–Kier alpha value is -1.12. The highest BCUT2D eigenvalue weighted by Crippen LogP contribution is 2.44. The van der Waals surface area contributed by atoms with E-state index in [1.165, 1.54) is 10.4 Å². The molecule has 19 heavy (non-hydrogen) atoms. The minimum absolute atomic E-state index is 0.587. The van der Waals surface area contributed by atoms with E-state index in [2.05, 4.69) is 48.7 Å². The molecule has 1 N–H and O–H groups in total. The minimum atomic E-state index is -0.587. The maximum absolute atomic E-state index is 10.8. The second-order valence-corrected chi connectivity index (χ2v) is 6.78. The molecule has 1 nitrogen and oxygen atoms in total. The van der Waals surface area contributed by atoms with Gasteiger partial charge in [-0.25, -0.2) is 0 Å². The molecule has 1 aliphatic carbocycles. The predicted octanol–water partition coefficient (Wildman–Crippen LogP) is 4.60. The van der Waals surface area contributed by atoms with E-state index in [-0.39, 0.29) is 0 Å². The van der Waals surface area contributed by atoms with Crippen LogP contribution in [0.15, 0.2) is 41.8 Å². The molecule has 0 bridgehead atoms. The monoisotopic (exact) mass is 272 g/mol. The summed E-state index contributed by atoms with van der Waals surface area (Å²) in [4.78, 5) is 1.29. The second kappa shape index (κ2) is 5.10. The van der Waals surface area contributed by atoms with Gasteiger partial charge in [0.1, 0.15) is 0 Å². The Balaban J connectivity index is 1.72. The molecular weight excluding hydrogens is 252 g/mol. The molecule has 100 valence electrons. The van der Waals surface area contributed by atoms with Gasteiger partial charge in [0, 0.05) is 4.88 Å². The molecule has 1 aliphatic rings. The maximum atomic E-state index is 10.8. The van der Waals surface area contributed by atoms with Crippen LogP contribution < -0.4 is 0 Å². The minimum Gasteiger partial charge on any atom is -0.385 e. The summed E-state index contributed by atoms with van der Waals surface area (Å²) in [5.41, 5.74) is 1.96. The van der Waals surface area contributed by atoms with Gasteiger partial charge < -0.3 is 5.11 Å². The summed E-state index contributed by atoms with van der Waals surface area (Å²) in [6.45, 7) is 2.10. The highest BCUT2D eigenvalue weighted by Gasteiger charge is 2.35. The summed E-state index contributed by atoms with van der Waals surface area (Å²) in [6, 6.07) is 12.9. The van der Waals surface area contributed by atoms with Gasteiger partial charge in [0.25, 0.3) is 0 Å². The number of hydrogen-bond donors (Lipinski definition) is 1. The molecule has 0 radical (unpaired) electrons.